The Labute approximate surface area is 152 Å². The molecule has 2 aliphatic heterocycles. The SMILES string of the molecule is Cl.Cl.NC1C2CCCC1CC(C(=O)N1CCN3CCCC3C1)C2. The fourth-order valence-corrected chi connectivity index (χ4v) is 5.44. The Morgan fingerprint density at radius 1 is 0.913 bits per heavy atom. The molecule has 4 fully saturated rings. The summed E-state index contributed by atoms with van der Waals surface area (Å²) in [4.78, 5) is 17.7. The highest BCUT2D eigenvalue weighted by atomic mass is 35.5. The second kappa shape index (κ2) is 7.90. The number of halogens is 2. The minimum Gasteiger partial charge on any atom is -0.340 e. The van der Waals surface area contributed by atoms with E-state index in [0.717, 1.165) is 32.5 Å². The van der Waals surface area contributed by atoms with Crippen molar-refractivity contribution < 1.29 is 4.79 Å². The highest BCUT2D eigenvalue weighted by molar-refractivity contribution is 5.85. The fraction of sp³-hybridized carbons (Fsp3) is 0.941. The lowest BCUT2D eigenvalue weighted by molar-refractivity contribution is -0.141. The summed E-state index contributed by atoms with van der Waals surface area (Å²) in [6.07, 6.45) is 8.53. The third kappa shape index (κ3) is 3.65. The van der Waals surface area contributed by atoms with Gasteiger partial charge in [0.25, 0.3) is 0 Å². The first-order valence-corrected chi connectivity index (χ1v) is 9.01. The van der Waals surface area contributed by atoms with Gasteiger partial charge in [0.2, 0.25) is 5.91 Å². The average molecular weight is 364 g/mol. The minimum absolute atomic E-state index is 0. The van der Waals surface area contributed by atoms with E-state index in [1.807, 2.05) is 0 Å². The van der Waals surface area contributed by atoms with Gasteiger partial charge >= 0.3 is 0 Å². The zero-order valence-corrected chi connectivity index (χ0v) is 15.5. The maximum absolute atomic E-state index is 12.9. The van der Waals surface area contributed by atoms with Gasteiger partial charge in [-0.1, -0.05) is 6.42 Å². The summed E-state index contributed by atoms with van der Waals surface area (Å²) in [5.74, 6) is 1.94. The van der Waals surface area contributed by atoms with Gasteiger partial charge in [-0.15, -0.1) is 24.8 Å². The molecule has 6 heteroatoms. The average Bonchev–Trinajstić information content (AvgIpc) is 2.93. The number of amides is 1. The van der Waals surface area contributed by atoms with Crippen molar-refractivity contribution in [2.45, 2.75) is 57.0 Å². The molecule has 2 heterocycles. The van der Waals surface area contributed by atoms with Crippen molar-refractivity contribution in [3.8, 4) is 0 Å². The minimum atomic E-state index is 0. The molecular weight excluding hydrogens is 333 g/mol. The van der Waals surface area contributed by atoms with Gasteiger partial charge in [0.05, 0.1) is 0 Å². The van der Waals surface area contributed by atoms with E-state index in [0.29, 0.717) is 29.8 Å². The van der Waals surface area contributed by atoms with Crippen LogP contribution in [-0.2, 0) is 4.79 Å². The predicted octanol–water partition coefficient (Wildman–Crippen LogP) is 2.29. The van der Waals surface area contributed by atoms with Crippen LogP contribution >= 0.6 is 24.8 Å². The zero-order chi connectivity index (χ0) is 14.4. The van der Waals surface area contributed by atoms with Crippen molar-refractivity contribution in [1.29, 1.82) is 0 Å². The van der Waals surface area contributed by atoms with Gasteiger partial charge in [0.15, 0.2) is 0 Å². The first-order valence-electron chi connectivity index (χ1n) is 9.01. The lowest BCUT2D eigenvalue weighted by atomic mass is 9.65. The molecule has 2 saturated carbocycles. The van der Waals surface area contributed by atoms with Crippen molar-refractivity contribution in [3.63, 3.8) is 0 Å². The van der Waals surface area contributed by atoms with Gasteiger partial charge in [-0.25, -0.2) is 0 Å². The molecule has 4 nitrogen and oxygen atoms in total. The van der Waals surface area contributed by atoms with Gasteiger partial charge in [-0.05, 0) is 56.9 Å². The van der Waals surface area contributed by atoms with Crippen LogP contribution in [0, 0.1) is 17.8 Å². The molecule has 3 unspecified atom stereocenters. The molecule has 2 N–H and O–H groups in total. The molecule has 0 aromatic rings. The summed E-state index contributed by atoms with van der Waals surface area (Å²) in [5, 5.41) is 0. The molecule has 0 spiro atoms. The second-order valence-electron chi connectivity index (χ2n) is 7.81. The van der Waals surface area contributed by atoms with E-state index in [1.54, 1.807) is 0 Å². The number of fused-ring (bicyclic) bond motifs is 3. The predicted molar refractivity (Wildman–Crippen MR) is 97.2 cm³/mol. The van der Waals surface area contributed by atoms with Crippen LogP contribution in [0.5, 0.6) is 0 Å². The molecule has 0 radical (unpaired) electrons. The summed E-state index contributed by atoms with van der Waals surface area (Å²) >= 11 is 0. The number of nitrogens with zero attached hydrogens (tertiary/aromatic N) is 2. The quantitative estimate of drug-likeness (QED) is 0.777. The first kappa shape index (κ1) is 19.3. The van der Waals surface area contributed by atoms with Crippen LogP contribution < -0.4 is 5.73 Å². The van der Waals surface area contributed by atoms with E-state index in [2.05, 4.69) is 9.80 Å². The maximum Gasteiger partial charge on any atom is 0.225 e. The van der Waals surface area contributed by atoms with Crippen LogP contribution in [0.25, 0.3) is 0 Å². The number of carbonyl (C=O) groups excluding carboxylic acids is 1. The van der Waals surface area contributed by atoms with Crippen molar-refractivity contribution in [1.82, 2.24) is 9.80 Å². The largest absolute Gasteiger partial charge is 0.340 e. The number of rotatable bonds is 1. The Morgan fingerprint density at radius 2 is 1.61 bits per heavy atom. The standard InChI is InChI=1S/C17H29N3O.2ClH/c18-16-12-3-1-4-13(16)10-14(9-12)17(21)20-8-7-19-6-2-5-15(19)11-20;;/h12-16H,1-11,18H2;2*1H. The second-order valence-corrected chi connectivity index (χ2v) is 7.81. The van der Waals surface area contributed by atoms with Crippen LogP contribution in [-0.4, -0.2) is 54.0 Å². The van der Waals surface area contributed by atoms with E-state index in [4.69, 9.17) is 5.73 Å². The summed E-state index contributed by atoms with van der Waals surface area (Å²) in [5.41, 5.74) is 6.36. The van der Waals surface area contributed by atoms with E-state index in [9.17, 15) is 4.79 Å². The molecule has 134 valence electrons. The van der Waals surface area contributed by atoms with Gasteiger partial charge in [-0.2, -0.15) is 0 Å². The Kier molecular flexibility index (Phi) is 6.63. The number of hydrogen-bond donors (Lipinski definition) is 1. The topological polar surface area (TPSA) is 49.6 Å². The van der Waals surface area contributed by atoms with Crippen LogP contribution in [0.15, 0.2) is 0 Å². The van der Waals surface area contributed by atoms with E-state index in [1.165, 1.54) is 38.6 Å². The van der Waals surface area contributed by atoms with Gasteiger partial charge in [0.1, 0.15) is 0 Å². The lowest BCUT2D eigenvalue weighted by Gasteiger charge is -2.46. The van der Waals surface area contributed by atoms with Gasteiger partial charge < -0.3 is 10.6 Å². The van der Waals surface area contributed by atoms with E-state index in [-0.39, 0.29) is 30.7 Å². The number of piperazine rings is 1. The Hall–Kier alpha value is -0.0300. The number of carbonyl (C=O) groups is 1. The summed E-state index contributed by atoms with van der Waals surface area (Å²) in [6, 6.07) is 1.02. The van der Waals surface area contributed by atoms with Crippen LogP contribution in [0.4, 0.5) is 0 Å². The van der Waals surface area contributed by atoms with Crippen LogP contribution in [0.1, 0.15) is 44.9 Å². The van der Waals surface area contributed by atoms with Gasteiger partial charge in [-0.3, -0.25) is 9.69 Å². The molecule has 2 saturated heterocycles. The molecule has 4 rings (SSSR count). The van der Waals surface area contributed by atoms with Crippen molar-refractivity contribution in [2.24, 2.45) is 23.5 Å². The molecule has 2 aliphatic carbocycles. The molecule has 1 amide bonds. The van der Waals surface area contributed by atoms with E-state index < -0.39 is 0 Å². The van der Waals surface area contributed by atoms with Crippen molar-refractivity contribution in [2.75, 3.05) is 26.2 Å². The third-order valence-electron chi connectivity index (χ3n) is 6.66. The summed E-state index contributed by atoms with van der Waals surface area (Å²) in [6.45, 7) is 4.27. The van der Waals surface area contributed by atoms with Crippen molar-refractivity contribution in [3.05, 3.63) is 0 Å². The van der Waals surface area contributed by atoms with Crippen molar-refractivity contribution >= 4 is 30.7 Å². The molecule has 0 aromatic heterocycles. The molecule has 23 heavy (non-hydrogen) atoms. The van der Waals surface area contributed by atoms with E-state index >= 15 is 0 Å². The highest BCUT2D eigenvalue weighted by Gasteiger charge is 2.42. The maximum atomic E-state index is 12.9. The Bertz CT molecular complexity index is 409. The monoisotopic (exact) mass is 363 g/mol. The first-order chi connectivity index (χ1) is 10.2. The third-order valence-corrected chi connectivity index (χ3v) is 6.66. The lowest BCUT2D eigenvalue weighted by Crippen LogP contribution is -2.55. The molecule has 3 atom stereocenters. The van der Waals surface area contributed by atoms with Gasteiger partial charge in [0, 0.05) is 37.6 Å². The van der Waals surface area contributed by atoms with Crippen LogP contribution in [0.2, 0.25) is 0 Å². The number of hydrogen-bond acceptors (Lipinski definition) is 3. The summed E-state index contributed by atoms with van der Waals surface area (Å²) in [7, 11) is 0. The normalized spacial score (nSPS) is 39.9. The zero-order valence-electron chi connectivity index (χ0n) is 13.9. The molecule has 4 aliphatic rings. The molecular formula is C17H31Cl2N3O. The smallest absolute Gasteiger partial charge is 0.225 e. The Balaban J connectivity index is 0.000000960. The van der Waals surface area contributed by atoms with Crippen LogP contribution in [0.3, 0.4) is 0 Å². The molecule has 2 bridgehead atoms. The highest BCUT2D eigenvalue weighted by Crippen LogP contribution is 2.42. The summed E-state index contributed by atoms with van der Waals surface area (Å²) < 4.78 is 0. The fourth-order valence-electron chi connectivity index (χ4n) is 5.44. The number of nitrogens with two attached hydrogens (primary N) is 1. The molecule has 0 aromatic carbocycles. The Morgan fingerprint density at radius 3 is 2.30 bits per heavy atom.